The van der Waals surface area contributed by atoms with E-state index in [-0.39, 0.29) is 18.9 Å². The molecule has 0 bridgehead atoms. The van der Waals surface area contributed by atoms with Gasteiger partial charge in [0.05, 0.1) is 0 Å². The Labute approximate surface area is 86.8 Å². The van der Waals surface area contributed by atoms with Gasteiger partial charge in [-0.2, -0.15) is 0 Å². The summed E-state index contributed by atoms with van der Waals surface area (Å²) in [4.78, 5) is 0.394. The zero-order valence-corrected chi connectivity index (χ0v) is 8.27. The van der Waals surface area contributed by atoms with Gasteiger partial charge in [-0.05, 0) is 42.1 Å². The smallest absolute Gasteiger partial charge is 0.768 e. The monoisotopic (exact) mass is 176 g/mol. The van der Waals surface area contributed by atoms with Crippen LogP contribution in [0.15, 0.2) is 23.1 Å². The Kier molecular flexibility index (Phi) is 4.80. The molecule has 0 heterocycles. The van der Waals surface area contributed by atoms with Gasteiger partial charge in [-0.25, -0.2) is 0 Å². The fourth-order valence-electron chi connectivity index (χ4n) is 0.905. The molecule has 0 aliphatic carbocycles. The van der Waals surface area contributed by atoms with Crippen molar-refractivity contribution in [3.05, 3.63) is 29.3 Å². The Morgan fingerprint density at radius 1 is 1.33 bits per heavy atom. The standard InChI is InChI=1S/C8H10O2S.Li/c1-6-4-3-5-8(7(6)2)11(9)10;/h3-5H,1-2H3,(H,9,10);/q;+1/p-1. The molecule has 0 aliphatic rings. The number of rotatable bonds is 1. The first-order valence-electron chi connectivity index (χ1n) is 3.28. The van der Waals surface area contributed by atoms with Gasteiger partial charge in [0.25, 0.3) is 0 Å². The maximum Gasteiger partial charge on any atom is 1.00 e. The summed E-state index contributed by atoms with van der Waals surface area (Å²) >= 11 is -2.10. The van der Waals surface area contributed by atoms with Crippen LogP contribution in [0, 0.1) is 13.8 Å². The Morgan fingerprint density at radius 2 is 1.92 bits per heavy atom. The minimum atomic E-state index is -2.10. The maximum absolute atomic E-state index is 10.6. The van der Waals surface area contributed by atoms with Crippen LogP contribution in [-0.2, 0) is 11.1 Å². The summed E-state index contributed by atoms with van der Waals surface area (Å²) in [6.07, 6.45) is 0. The van der Waals surface area contributed by atoms with E-state index < -0.39 is 11.1 Å². The van der Waals surface area contributed by atoms with Gasteiger partial charge in [-0.3, -0.25) is 4.21 Å². The molecule has 1 atom stereocenters. The summed E-state index contributed by atoms with van der Waals surface area (Å²) in [5.74, 6) is 0. The minimum absolute atomic E-state index is 0. The molecular weight excluding hydrogens is 167 g/mol. The topological polar surface area (TPSA) is 40.1 Å². The first-order valence-corrected chi connectivity index (χ1v) is 4.36. The molecule has 12 heavy (non-hydrogen) atoms. The molecule has 0 saturated carbocycles. The first-order chi connectivity index (χ1) is 5.13. The minimum Gasteiger partial charge on any atom is -0.768 e. The van der Waals surface area contributed by atoms with Crippen LogP contribution in [0.2, 0.25) is 0 Å². The predicted molar refractivity (Wildman–Crippen MR) is 43.1 cm³/mol. The quantitative estimate of drug-likeness (QED) is 0.388. The Hall–Kier alpha value is -0.0726. The molecule has 1 unspecified atom stereocenters. The van der Waals surface area contributed by atoms with Gasteiger partial charge in [0.1, 0.15) is 0 Å². The van der Waals surface area contributed by atoms with Crippen molar-refractivity contribution in [2.24, 2.45) is 0 Å². The number of hydrogen-bond acceptors (Lipinski definition) is 2. The van der Waals surface area contributed by atoms with Gasteiger partial charge in [-0.15, -0.1) is 0 Å². The van der Waals surface area contributed by atoms with Crippen LogP contribution >= 0.6 is 0 Å². The normalized spacial score (nSPS) is 11.9. The molecule has 0 amide bonds. The van der Waals surface area contributed by atoms with Crippen LogP contribution in [0.25, 0.3) is 0 Å². The van der Waals surface area contributed by atoms with Crippen molar-refractivity contribution >= 4 is 11.1 Å². The second kappa shape index (κ2) is 4.83. The fourth-order valence-corrected chi connectivity index (χ4v) is 1.51. The van der Waals surface area contributed by atoms with Gasteiger partial charge < -0.3 is 4.55 Å². The molecule has 1 aromatic carbocycles. The average molecular weight is 176 g/mol. The second-order valence-electron chi connectivity index (χ2n) is 2.43. The zero-order valence-electron chi connectivity index (χ0n) is 7.46. The average Bonchev–Trinajstić information content (AvgIpc) is 1.94. The summed E-state index contributed by atoms with van der Waals surface area (Å²) in [7, 11) is 0. The van der Waals surface area contributed by atoms with Crippen LogP contribution in [0.3, 0.4) is 0 Å². The van der Waals surface area contributed by atoms with Gasteiger partial charge in [0, 0.05) is 4.90 Å². The van der Waals surface area contributed by atoms with Crippen molar-refractivity contribution in [1.29, 1.82) is 0 Å². The second-order valence-corrected chi connectivity index (χ2v) is 3.34. The van der Waals surface area contributed by atoms with Crippen molar-refractivity contribution in [3.63, 3.8) is 0 Å². The Morgan fingerprint density at radius 3 is 2.33 bits per heavy atom. The number of benzene rings is 1. The summed E-state index contributed by atoms with van der Waals surface area (Å²) in [6.45, 7) is 3.70. The molecule has 60 valence electrons. The molecule has 1 aromatic rings. The van der Waals surface area contributed by atoms with Crippen molar-refractivity contribution in [3.8, 4) is 0 Å². The zero-order chi connectivity index (χ0) is 8.43. The molecule has 0 fully saturated rings. The molecule has 0 spiro atoms. The summed E-state index contributed by atoms with van der Waals surface area (Å²) in [6, 6.07) is 5.24. The van der Waals surface area contributed by atoms with E-state index in [1.54, 1.807) is 19.1 Å². The van der Waals surface area contributed by atoms with E-state index in [0.717, 1.165) is 11.1 Å². The molecule has 2 nitrogen and oxygen atoms in total. The molecule has 0 radical (unpaired) electrons. The van der Waals surface area contributed by atoms with Crippen molar-refractivity contribution in [2.45, 2.75) is 18.7 Å². The van der Waals surface area contributed by atoms with E-state index in [9.17, 15) is 8.76 Å². The molecule has 1 rings (SSSR count). The van der Waals surface area contributed by atoms with E-state index >= 15 is 0 Å². The number of hydrogen-bond donors (Lipinski definition) is 0. The van der Waals surface area contributed by atoms with Gasteiger partial charge >= 0.3 is 18.9 Å². The first kappa shape index (κ1) is 11.9. The summed E-state index contributed by atoms with van der Waals surface area (Å²) < 4.78 is 21.1. The van der Waals surface area contributed by atoms with E-state index in [1.807, 2.05) is 13.0 Å². The maximum atomic E-state index is 10.6. The van der Waals surface area contributed by atoms with E-state index in [1.165, 1.54) is 0 Å². The summed E-state index contributed by atoms with van der Waals surface area (Å²) in [5, 5.41) is 0. The summed E-state index contributed by atoms with van der Waals surface area (Å²) in [5.41, 5.74) is 1.84. The van der Waals surface area contributed by atoms with Crippen LogP contribution in [0.5, 0.6) is 0 Å². The van der Waals surface area contributed by atoms with Gasteiger partial charge in [-0.1, -0.05) is 12.1 Å². The molecule has 0 aliphatic heterocycles. The molecule has 0 N–H and O–H groups in total. The van der Waals surface area contributed by atoms with E-state index in [0.29, 0.717) is 4.90 Å². The largest absolute Gasteiger partial charge is 1.00 e. The SMILES string of the molecule is Cc1cccc(S(=O)[O-])c1C.[Li+]. The molecule has 0 saturated heterocycles. The number of aryl methyl sites for hydroxylation is 1. The molecular formula is C8H9LiO2S. The van der Waals surface area contributed by atoms with Gasteiger partial charge in [0.15, 0.2) is 0 Å². The Balaban J connectivity index is 0.00000121. The van der Waals surface area contributed by atoms with Crippen molar-refractivity contribution in [2.75, 3.05) is 0 Å². The third kappa shape index (κ3) is 2.46. The molecule has 4 heteroatoms. The van der Waals surface area contributed by atoms with Crippen LogP contribution in [0.1, 0.15) is 11.1 Å². The fraction of sp³-hybridized carbons (Fsp3) is 0.250. The van der Waals surface area contributed by atoms with E-state index in [2.05, 4.69) is 0 Å². The van der Waals surface area contributed by atoms with Gasteiger partial charge in [0.2, 0.25) is 0 Å². The van der Waals surface area contributed by atoms with E-state index in [4.69, 9.17) is 0 Å². The predicted octanol–water partition coefficient (Wildman–Crippen LogP) is -1.45. The van der Waals surface area contributed by atoms with Crippen LogP contribution < -0.4 is 18.9 Å². The third-order valence-corrected chi connectivity index (χ3v) is 2.54. The van der Waals surface area contributed by atoms with Crippen LogP contribution in [-0.4, -0.2) is 8.76 Å². The molecule has 0 aromatic heterocycles. The van der Waals surface area contributed by atoms with Crippen molar-refractivity contribution < 1.29 is 27.6 Å². The van der Waals surface area contributed by atoms with Crippen molar-refractivity contribution in [1.82, 2.24) is 0 Å². The Bertz CT molecular complexity index is 299. The van der Waals surface area contributed by atoms with Crippen LogP contribution in [0.4, 0.5) is 0 Å². The third-order valence-electron chi connectivity index (χ3n) is 1.73.